The fourth-order valence-corrected chi connectivity index (χ4v) is 2.41. The number of hydrogen-bond donors (Lipinski definition) is 2. The van der Waals surface area contributed by atoms with Crippen LogP contribution in [0.2, 0.25) is 0 Å². The molecule has 4 heteroatoms. The zero-order valence-corrected chi connectivity index (χ0v) is 8.22. The van der Waals surface area contributed by atoms with Crippen molar-refractivity contribution in [2.75, 3.05) is 13.1 Å². The summed E-state index contributed by atoms with van der Waals surface area (Å²) in [4.78, 5) is 13.3. The van der Waals surface area contributed by atoms with E-state index in [0.717, 1.165) is 12.8 Å². The van der Waals surface area contributed by atoms with E-state index in [1.165, 1.54) is 0 Å². The van der Waals surface area contributed by atoms with Crippen LogP contribution in [0.25, 0.3) is 0 Å². The van der Waals surface area contributed by atoms with Crippen molar-refractivity contribution in [3.63, 3.8) is 0 Å². The van der Waals surface area contributed by atoms with Crippen molar-refractivity contribution >= 4 is 5.78 Å². The highest BCUT2D eigenvalue weighted by Crippen LogP contribution is 2.24. The fourth-order valence-electron chi connectivity index (χ4n) is 2.41. The number of aliphatic hydroxyl groups is 2. The van der Waals surface area contributed by atoms with Crippen molar-refractivity contribution in [1.29, 1.82) is 0 Å². The largest absolute Gasteiger partial charge is 0.389 e. The smallest absolute Gasteiger partial charge is 0.134 e. The third kappa shape index (κ3) is 1.97. The van der Waals surface area contributed by atoms with E-state index in [9.17, 15) is 15.0 Å². The molecule has 1 aliphatic heterocycles. The lowest BCUT2D eigenvalue weighted by atomic mass is 9.93. The quantitative estimate of drug-likeness (QED) is 0.599. The lowest BCUT2D eigenvalue weighted by Crippen LogP contribution is -2.38. The maximum absolute atomic E-state index is 11.2. The molecule has 1 aliphatic carbocycles. The number of aliphatic hydroxyl groups excluding tert-OH is 2. The van der Waals surface area contributed by atoms with E-state index in [-0.39, 0.29) is 6.04 Å². The number of carbonyl (C=O) groups is 1. The maximum atomic E-state index is 11.2. The molecule has 3 atom stereocenters. The molecule has 1 heterocycles. The van der Waals surface area contributed by atoms with Gasteiger partial charge in [0.25, 0.3) is 0 Å². The number of ketones is 1. The molecule has 1 saturated carbocycles. The van der Waals surface area contributed by atoms with Crippen molar-refractivity contribution in [2.24, 2.45) is 0 Å². The Morgan fingerprint density at radius 1 is 1.21 bits per heavy atom. The number of β-amino-alcohol motifs (C(OH)–C–C–N with tert-alkyl or cyclic N) is 2. The first-order chi connectivity index (χ1) is 6.66. The minimum atomic E-state index is -0.632. The Hall–Kier alpha value is -0.450. The predicted molar refractivity (Wildman–Crippen MR) is 50.8 cm³/mol. The van der Waals surface area contributed by atoms with Gasteiger partial charge >= 0.3 is 0 Å². The van der Waals surface area contributed by atoms with Gasteiger partial charge in [0.05, 0.1) is 12.2 Å². The van der Waals surface area contributed by atoms with Gasteiger partial charge in [-0.2, -0.15) is 0 Å². The lowest BCUT2D eigenvalue weighted by molar-refractivity contribution is -0.121. The van der Waals surface area contributed by atoms with Crippen molar-refractivity contribution < 1.29 is 15.0 Å². The third-order valence-electron chi connectivity index (χ3n) is 3.26. The minimum Gasteiger partial charge on any atom is -0.389 e. The summed E-state index contributed by atoms with van der Waals surface area (Å²) in [5, 5.41) is 18.8. The van der Waals surface area contributed by atoms with Crippen LogP contribution in [0.3, 0.4) is 0 Å². The van der Waals surface area contributed by atoms with Gasteiger partial charge in [-0.05, 0) is 12.8 Å². The highest BCUT2D eigenvalue weighted by molar-refractivity contribution is 5.79. The number of carbonyl (C=O) groups excluding carboxylic acids is 1. The molecule has 14 heavy (non-hydrogen) atoms. The van der Waals surface area contributed by atoms with Crippen molar-refractivity contribution in [1.82, 2.24) is 4.90 Å². The summed E-state index contributed by atoms with van der Waals surface area (Å²) in [7, 11) is 0. The van der Waals surface area contributed by atoms with E-state index in [2.05, 4.69) is 0 Å². The van der Waals surface area contributed by atoms with Crippen LogP contribution < -0.4 is 0 Å². The molecule has 0 radical (unpaired) electrons. The fraction of sp³-hybridized carbons (Fsp3) is 0.900. The first-order valence-corrected chi connectivity index (χ1v) is 5.28. The van der Waals surface area contributed by atoms with Crippen LogP contribution in [0.4, 0.5) is 0 Å². The molecule has 2 aliphatic rings. The van der Waals surface area contributed by atoms with Crippen molar-refractivity contribution in [2.45, 2.75) is 43.9 Å². The Bertz CT molecular complexity index is 221. The highest BCUT2D eigenvalue weighted by atomic mass is 16.3. The summed E-state index contributed by atoms with van der Waals surface area (Å²) in [6, 6.07) is 0.253. The van der Waals surface area contributed by atoms with E-state index in [1.807, 2.05) is 4.90 Å². The zero-order chi connectivity index (χ0) is 10.1. The predicted octanol–water partition coefficient (Wildman–Crippen LogP) is -0.465. The molecular weight excluding hydrogens is 182 g/mol. The molecule has 2 N–H and O–H groups in total. The molecule has 0 amide bonds. The average molecular weight is 199 g/mol. The summed E-state index contributed by atoms with van der Waals surface area (Å²) >= 11 is 0. The van der Waals surface area contributed by atoms with Crippen LogP contribution in [-0.4, -0.2) is 52.2 Å². The van der Waals surface area contributed by atoms with Gasteiger partial charge in [0.1, 0.15) is 5.78 Å². The first-order valence-electron chi connectivity index (χ1n) is 5.28. The second kappa shape index (κ2) is 3.96. The van der Waals surface area contributed by atoms with Crippen molar-refractivity contribution in [3.05, 3.63) is 0 Å². The normalized spacial score (nSPS) is 40.4. The average Bonchev–Trinajstić information content (AvgIpc) is 2.47. The molecule has 3 unspecified atom stereocenters. The van der Waals surface area contributed by atoms with E-state index < -0.39 is 12.2 Å². The molecule has 2 fully saturated rings. The summed E-state index contributed by atoms with van der Waals surface area (Å²) in [5.41, 5.74) is 0. The monoisotopic (exact) mass is 199 g/mol. The molecular formula is C10H17NO3. The van der Waals surface area contributed by atoms with Crippen LogP contribution >= 0.6 is 0 Å². The van der Waals surface area contributed by atoms with Crippen LogP contribution in [-0.2, 0) is 4.79 Å². The lowest BCUT2D eigenvalue weighted by Gasteiger charge is -2.29. The Morgan fingerprint density at radius 2 is 1.86 bits per heavy atom. The molecule has 1 saturated heterocycles. The van der Waals surface area contributed by atoms with Gasteiger partial charge in [0.2, 0.25) is 0 Å². The summed E-state index contributed by atoms with van der Waals surface area (Å²) < 4.78 is 0. The molecule has 0 aromatic rings. The molecule has 0 aromatic carbocycles. The molecule has 0 bridgehead atoms. The first kappa shape index (κ1) is 10.1. The topological polar surface area (TPSA) is 60.8 Å². The van der Waals surface area contributed by atoms with Crippen LogP contribution in [0, 0.1) is 0 Å². The van der Waals surface area contributed by atoms with Gasteiger partial charge in [-0.3, -0.25) is 9.69 Å². The summed E-state index contributed by atoms with van der Waals surface area (Å²) in [5.74, 6) is 0.317. The van der Waals surface area contributed by atoms with E-state index >= 15 is 0 Å². The Kier molecular flexibility index (Phi) is 2.85. The Balaban J connectivity index is 1.92. The van der Waals surface area contributed by atoms with Gasteiger partial charge in [-0.25, -0.2) is 0 Å². The molecule has 4 nitrogen and oxygen atoms in total. The zero-order valence-electron chi connectivity index (χ0n) is 8.22. The third-order valence-corrected chi connectivity index (χ3v) is 3.26. The van der Waals surface area contributed by atoms with Crippen LogP contribution in [0.5, 0.6) is 0 Å². The van der Waals surface area contributed by atoms with Crippen LogP contribution in [0.15, 0.2) is 0 Å². The highest BCUT2D eigenvalue weighted by Gasteiger charge is 2.35. The minimum absolute atomic E-state index is 0.253. The standard InChI is InChI=1S/C10H17NO3/c12-8-3-1-2-7(4-8)11-5-9(13)10(14)6-11/h7,9-10,13-14H,1-6H2. The Morgan fingerprint density at radius 3 is 2.43 bits per heavy atom. The number of rotatable bonds is 1. The van der Waals surface area contributed by atoms with E-state index in [1.54, 1.807) is 0 Å². The van der Waals surface area contributed by atoms with Gasteiger partial charge in [-0.1, -0.05) is 0 Å². The number of nitrogens with zero attached hydrogens (tertiary/aromatic N) is 1. The van der Waals surface area contributed by atoms with E-state index in [4.69, 9.17) is 0 Å². The molecule has 0 aromatic heterocycles. The van der Waals surface area contributed by atoms with Crippen LogP contribution in [0.1, 0.15) is 25.7 Å². The van der Waals surface area contributed by atoms with Gasteiger partial charge in [0, 0.05) is 32.0 Å². The van der Waals surface area contributed by atoms with E-state index in [0.29, 0.717) is 31.7 Å². The second-order valence-electron chi connectivity index (χ2n) is 4.38. The van der Waals surface area contributed by atoms with Crippen molar-refractivity contribution in [3.8, 4) is 0 Å². The number of hydrogen-bond acceptors (Lipinski definition) is 4. The SMILES string of the molecule is O=C1CCCC(N2CC(O)C(O)C2)C1. The van der Waals surface area contributed by atoms with Gasteiger partial charge in [0.15, 0.2) is 0 Å². The van der Waals surface area contributed by atoms with Gasteiger partial charge < -0.3 is 10.2 Å². The Labute approximate surface area is 83.5 Å². The number of likely N-dealkylation sites (tertiary alicyclic amines) is 1. The molecule has 0 spiro atoms. The second-order valence-corrected chi connectivity index (χ2v) is 4.38. The maximum Gasteiger partial charge on any atom is 0.134 e. The number of Topliss-reactive ketones (excluding diaryl/α,β-unsaturated/α-hetero) is 1. The van der Waals surface area contributed by atoms with Gasteiger partial charge in [-0.15, -0.1) is 0 Å². The summed E-state index contributed by atoms with van der Waals surface area (Å²) in [6.07, 6.45) is 2.01. The molecule has 80 valence electrons. The molecule has 2 rings (SSSR count). The summed E-state index contributed by atoms with van der Waals surface area (Å²) in [6.45, 7) is 1.03.